The van der Waals surface area contributed by atoms with Gasteiger partial charge in [-0.2, -0.15) is 0 Å². The summed E-state index contributed by atoms with van der Waals surface area (Å²) in [6.07, 6.45) is 0.408. The molecule has 9 heteroatoms. The number of aromatic nitrogens is 1. The van der Waals surface area contributed by atoms with E-state index in [0.717, 1.165) is 18.7 Å². The summed E-state index contributed by atoms with van der Waals surface area (Å²) in [6.45, 7) is 14.9. The maximum Gasteiger partial charge on any atom is 0.408 e. The van der Waals surface area contributed by atoms with Crippen LogP contribution in [0.2, 0.25) is 0 Å². The standard InChI is InChI=1S/C19H35N5O2S.HI/c1-13(2)15-23-14(11-27-15)9-10-21-16(20-8)22-12-19(6,7)24-17(25)26-18(3,4)5;/h11,13H,9-10,12H2,1-8H3,(H,24,25)(H2,20,21,22);1H. The van der Waals surface area contributed by atoms with Crippen LogP contribution < -0.4 is 16.0 Å². The molecule has 3 N–H and O–H groups in total. The van der Waals surface area contributed by atoms with Crippen molar-refractivity contribution in [3.05, 3.63) is 16.1 Å². The topological polar surface area (TPSA) is 87.6 Å². The number of guanidine groups is 1. The largest absolute Gasteiger partial charge is 0.444 e. The Bertz CT molecular complexity index is 639. The third-order valence-corrected chi connectivity index (χ3v) is 4.69. The van der Waals surface area contributed by atoms with Crippen molar-refractivity contribution in [2.75, 3.05) is 20.1 Å². The van der Waals surface area contributed by atoms with Gasteiger partial charge in [0.15, 0.2) is 5.96 Å². The first-order chi connectivity index (χ1) is 12.4. The van der Waals surface area contributed by atoms with Crippen LogP contribution in [0, 0.1) is 0 Å². The van der Waals surface area contributed by atoms with Crippen molar-refractivity contribution < 1.29 is 9.53 Å². The molecule has 0 aliphatic heterocycles. The molecule has 0 atom stereocenters. The molecule has 1 aromatic heterocycles. The summed E-state index contributed by atoms with van der Waals surface area (Å²) >= 11 is 1.71. The van der Waals surface area contributed by atoms with Gasteiger partial charge in [0.2, 0.25) is 0 Å². The maximum absolute atomic E-state index is 12.0. The van der Waals surface area contributed by atoms with E-state index in [1.807, 2.05) is 34.6 Å². The molecular formula is C19H36IN5O2S. The normalized spacial score (nSPS) is 12.4. The number of amides is 1. The number of rotatable bonds is 7. The Morgan fingerprint density at radius 2 is 1.89 bits per heavy atom. The zero-order valence-corrected chi connectivity index (χ0v) is 21.5. The molecule has 0 spiro atoms. The van der Waals surface area contributed by atoms with E-state index < -0.39 is 17.2 Å². The summed E-state index contributed by atoms with van der Waals surface area (Å²) in [5.41, 5.74) is 0.0933. The van der Waals surface area contributed by atoms with Gasteiger partial charge in [-0.15, -0.1) is 35.3 Å². The third-order valence-electron chi connectivity index (χ3n) is 3.50. The van der Waals surface area contributed by atoms with Crippen LogP contribution in [0.25, 0.3) is 0 Å². The highest BCUT2D eigenvalue weighted by Gasteiger charge is 2.24. The SMILES string of the molecule is CN=C(NCCc1csc(C(C)C)n1)NCC(C)(C)NC(=O)OC(C)(C)C.I. The van der Waals surface area contributed by atoms with Gasteiger partial charge in [0.25, 0.3) is 0 Å². The van der Waals surface area contributed by atoms with Crippen LogP contribution in [0.15, 0.2) is 10.4 Å². The summed E-state index contributed by atoms with van der Waals surface area (Å²) in [7, 11) is 1.73. The highest BCUT2D eigenvalue weighted by Crippen LogP contribution is 2.19. The molecule has 1 aromatic rings. The van der Waals surface area contributed by atoms with Gasteiger partial charge >= 0.3 is 6.09 Å². The Morgan fingerprint density at radius 3 is 2.39 bits per heavy atom. The molecule has 0 saturated carbocycles. The summed E-state index contributed by atoms with van der Waals surface area (Å²) in [5, 5.41) is 12.7. The minimum atomic E-state index is -0.518. The zero-order chi connectivity index (χ0) is 20.7. The van der Waals surface area contributed by atoms with Crippen molar-refractivity contribution in [2.45, 2.75) is 71.9 Å². The van der Waals surface area contributed by atoms with Gasteiger partial charge in [-0.3, -0.25) is 4.99 Å². The highest BCUT2D eigenvalue weighted by molar-refractivity contribution is 14.0. The van der Waals surface area contributed by atoms with E-state index in [-0.39, 0.29) is 24.0 Å². The second-order valence-electron chi connectivity index (χ2n) is 8.45. The number of thiazole rings is 1. The first-order valence-corrected chi connectivity index (χ1v) is 10.2. The number of nitrogens with one attached hydrogen (secondary N) is 3. The molecule has 1 heterocycles. The average Bonchev–Trinajstić information content (AvgIpc) is 2.97. The average molecular weight is 526 g/mol. The van der Waals surface area contributed by atoms with E-state index in [0.29, 0.717) is 18.4 Å². The lowest BCUT2D eigenvalue weighted by Crippen LogP contribution is -2.54. The third kappa shape index (κ3) is 11.0. The molecule has 0 aliphatic rings. The number of alkyl carbamates (subject to hydrolysis) is 1. The summed E-state index contributed by atoms with van der Waals surface area (Å²) < 4.78 is 5.31. The van der Waals surface area contributed by atoms with Crippen LogP contribution in [0.4, 0.5) is 4.79 Å². The summed E-state index contributed by atoms with van der Waals surface area (Å²) in [5.74, 6) is 1.15. The summed E-state index contributed by atoms with van der Waals surface area (Å²) in [6, 6.07) is 0. The predicted molar refractivity (Wildman–Crippen MR) is 128 cm³/mol. The molecule has 1 amide bonds. The van der Waals surface area contributed by atoms with E-state index in [9.17, 15) is 4.79 Å². The lowest BCUT2D eigenvalue weighted by atomic mass is 10.1. The van der Waals surface area contributed by atoms with Gasteiger partial charge in [0.1, 0.15) is 5.60 Å². The fourth-order valence-corrected chi connectivity index (χ4v) is 3.03. The lowest BCUT2D eigenvalue weighted by molar-refractivity contribution is 0.0474. The van der Waals surface area contributed by atoms with E-state index >= 15 is 0 Å². The molecule has 7 nitrogen and oxygen atoms in total. The van der Waals surface area contributed by atoms with Crippen molar-refractivity contribution >= 4 is 47.4 Å². The van der Waals surface area contributed by atoms with Crippen molar-refractivity contribution in [1.29, 1.82) is 0 Å². The van der Waals surface area contributed by atoms with Gasteiger partial charge in [-0.05, 0) is 34.6 Å². The molecule has 28 heavy (non-hydrogen) atoms. The number of aliphatic imine (C=N–C) groups is 1. The summed E-state index contributed by atoms with van der Waals surface area (Å²) in [4.78, 5) is 20.8. The first-order valence-electron chi connectivity index (χ1n) is 9.32. The molecule has 0 unspecified atom stereocenters. The molecule has 0 fully saturated rings. The number of carbonyl (C=O) groups is 1. The fourth-order valence-electron chi connectivity index (χ4n) is 2.16. The molecule has 0 bridgehead atoms. The van der Waals surface area contributed by atoms with Crippen molar-refractivity contribution in [2.24, 2.45) is 4.99 Å². The van der Waals surface area contributed by atoms with Gasteiger partial charge in [0.05, 0.1) is 16.2 Å². The van der Waals surface area contributed by atoms with Crippen LogP contribution >= 0.6 is 35.3 Å². The molecule has 0 saturated heterocycles. The fraction of sp³-hybridized carbons (Fsp3) is 0.737. The Hall–Kier alpha value is -1.10. The van der Waals surface area contributed by atoms with Gasteiger partial charge in [0, 0.05) is 37.9 Å². The molecule has 1 rings (SSSR count). The monoisotopic (exact) mass is 525 g/mol. The highest BCUT2D eigenvalue weighted by atomic mass is 127. The number of ether oxygens (including phenoxy) is 1. The van der Waals surface area contributed by atoms with Crippen LogP contribution in [-0.2, 0) is 11.2 Å². The maximum atomic E-state index is 12.0. The molecule has 162 valence electrons. The van der Waals surface area contributed by atoms with Crippen LogP contribution in [0.1, 0.15) is 65.1 Å². The number of hydrogen-bond acceptors (Lipinski definition) is 5. The number of carbonyl (C=O) groups excluding carboxylic acids is 1. The van der Waals surface area contributed by atoms with E-state index in [2.05, 4.69) is 45.2 Å². The zero-order valence-electron chi connectivity index (χ0n) is 18.3. The van der Waals surface area contributed by atoms with Crippen LogP contribution in [0.3, 0.4) is 0 Å². The molecule has 0 aliphatic carbocycles. The minimum absolute atomic E-state index is 0. The Balaban J connectivity index is 0.00000729. The van der Waals surface area contributed by atoms with Gasteiger partial charge < -0.3 is 20.7 Å². The lowest BCUT2D eigenvalue weighted by Gasteiger charge is -2.29. The second kappa shape index (κ2) is 11.8. The van der Waals surface area contributed by atoms with Crippen molar-refractivity contribution in [3.63, 3.8) is 0 Å². The predicted octanol–water partition coefficient (Wildman–Crippen LogP) is 3.90. The van der Waals surface area contributed by atoms with Crippen molar-refractivity contribution in [1.82, 2.24) is 20.9 Å². The Labute approximate surface area is 190 Å². The Kier molecular flexibility index (Phi) is 11.3. The smallest absolute Gasteiger partial charge is 0.408 e. The molecule has 0 aromatic carbocycles. The van der Waals surface area contributed by atoms with Crippen molar-refractivity contribution in [3.8, 4) is 0 Å². The number of halogens is 1. The Morgan fingerprint density at radius 1 is 1.25 bits per heavy atom. The number of hydrogen-bond donors (Lipinski definition) is 3. The minimum Gasteiger partial charge on any atom is -0.444 e. The molecule has 0 radical (unpaired) electrons. The van der Waals surface area contributed by atoms with Gasteiger partial charge in [-0.1, -0.05) is 13.8 Å². The van der Waals surface area contributed by atoms with Crippen LogP contribution in [-0.4, -0.2) is 48.3 Å². The van der Waals surface area contributed by atoms with E-state index in [1.54, 1.807) is 18.4 Å². The van der Waals surface area contributed by atoms with E-state index in [4.69, 9.17) is 4.74 Å². The van der Waals surface area contributed by atoms with E-state index in [1.165, 1.54) is 5.01 Å². The first kappa shape index (κ1) is 26.9. The second-order valence-corrected chi connectivity index (χ2v) is 9.33. The van der Waals surface area contributed by atoms with Gasteiger partial charge in [-0.25, -0.2) is 9.78 Å². The van der Waals surface area contributed by atoms with Crippen LogP contribution in [0.5, 0.6) is 0 Å². The number of nitrogens with zero attached hydrogens (tertiary/aromatic N) is 2. The molecular weight excluding hydrogens is 489 g/mol. The quantitative estimate of drug-likeness (QED) is 0.286.